The lowest BCUT2D eigenvalue weighted by Crippen LogP contribution is -2.26. The van der Waals surface area contributed by atoms with Crippen molar-refractivity contribution >= 4 is 31.6 Å². The van der Waals surface area contributed by atoms with Gasteiger partial charge in [-0.15, -0.1) is 11.3 Å². The Kier molecular flexibility index (Phi) is 4.80. The van der Waals surface area contributed by atoms with Crippen molar-refractivity contribution in [2.45, 2.75) is 17.7 Å². The van der Waals surface area contributed by atoms with Gasteiger partial charge in [0.25, 0.3) is 0 Å². The van der Waals surface area contributed by atoms with Crippen molar-refractivity contribution in [3.8, 4) is 11.5 Å². The summed E-state index contributed by atoms with van der Waals surface area (Å²) in [5, 5.41) is 0.910. The Morgan fingerprint density at radius 2 is 1.88 bits per heavy atom. The second kappa shape index (κ2) is 7.22. The molecule has 0 unspecified atom stereocenters. The van der Waals surface area contributed by atoms with Gasteiger partial charge < -0.3 is 9.47 Å². The summed E-state index contributed by atoms with van der Waals surface area (Å²) in [4.78, 5) is 4.69. The molecule has 1 aliphatic heterocycles. The molecule has 2 heterocycles. The minimum absolute atomic E-state index is 0.172. The second-order valence-electron chi connectivity index (χ2n) is 5.88. The molecule has 26 heavy (non-hydrogen) atoms. The fourth-order valence-electron chi connectivity index (χ4n) is 2.71. The summed E-state index contributed by atoms with van der Waals surface area (Å²) in [6.07, 6.45) is 1.32. The average molecular weight is 390 g/mol. The number of aromatic nitrogens is 1. The lowest BCUT2D eigenvalue weighted by molar-refractivity contribution is 0.297. The van der Waals surface area contributed by atoms with Gasteiger partial charge >= 0.3 is 0 Å². The van der Waals surface area contributed by atoms with Crippen LogP contribution in [0.25, 0.3) is 10.2 Å². The fraction of sp³-hybridized carbons (Fsp3) is 0.278. The van der Waals surface area contributed by atoms with Crippen LogP contribution >= 0.6 is 11.3 Å². The van der Waals surface area contributed by atoms with Crippen molar-refractivity contribution in [3.05, 3.63) is 47.5 Å². The highest BCUT2D eigenvalue weighted by Gasteiger charge is 2.18. The predicted octanol–water partition coefficient (Wildman–Crippen LogP) is 2.98. The highest BCUT2D eigenvalue weighted by Crippen LogP contribution is 2.31. The van der Waals surface area contributed by atoms with Gasteiger partial charge in [-0.25, -0.2) is 18.1 Å². The SMILES string of the molecule is O=S(=O)(NCCc1nc2ccccc2s1)c1ccc2c(c1)OCCCO2. The number of para-hydroxylation sites is 1. The van der Waals surface area contributed by atoms with Crippen LogP contribution in [0.5, 0.6) is 11.5 Å². The second-order valence-corrected chi connectivity index (χ2v) is 8.76. The molecular weight excluding hydrogens is 372 g/mol. The van der Waals surface area contributed by atoms with Crippen molar-refractivity contribution in [3.63, 3.8) is 0 Å². The minimum Gasteiger partial charge on any atom is -0.490 e. The number of rotatable bonds is 5. The number of ether oxygens (including phenoxy) is 2. The van der Waals surface area contributed by atoms with Crippen LogP contribution in [0, 0.1) is 0 Å². The summed E-state index contributed by atoms with van der Waals surface area (Å²) in [5.74, 6) is 1.05. The van der Waals surface area contributed by atoms with E-state index >= 15 is 0 Å². The van der Waals surface area contributed by atoms with E-state index in [1.807, 2.05) is 24.3 Å². The van der Waals surface area contributed by atoms with Crippen LogP contribution in [-0.2, 0) is 16.4 Å². The Balaban J connectivity index is 1.44. The van der Waals surface area contributed by atoms with Gasteiger partial charge in [-0.2, -0.15) is 0 Å². The molecule has 4 rings (SSSR count). The Morgan fingerprint density at radius 1 is 1.08 bits per heavy atom. The van der Waals surface area contributed by atoms with Crippen molar-refractivity contribution in [1.29, 1.82) is 0 Å². The summed E-state index contributed by atoms with van der Waals surface area (Å²) in [6.45, 7) is 1.37. The van der Waals surface area contributed by atoms with Crippen LogP contribution in [0.3, 0.4) is 0 Å². The molecule has 1 aromatic heterocycles. The summed E-state index contributed by atoms with van der Waals surface area (Å²) >= 11 is 1.58. The number of benzene rings is 2. The standard InChI is InChI=1S/C18H18N2O4S2/c21-26(22,13-6-7-15-16(12-13)24-11-3-10-23-15)19-9-8-18-20-14-4-1-2-5-17(14)25-18/h1-2,4-7,12,19H,3,8-11H2. The molecule has 0 bridgehead atoms. The monoisotopic (exact) mass is 390 g/mol. The summed E-state index contributed by atoms with van der Waals surface area (Å²) in [7, 11) is -3.61. The highest BCUT2D eigenvalue weighted by atomic mass is 32.2. The molecule has 6 nitrogen and oxygen atoms in total. The highest BCUT2D eigenvalue weighted by molar-refractivity contribution is 7.89. The zero-order valence-electron chi connectivity index (χ0n) is 14.0. The third-order valence-electron chi connectivity index (χ3n) is 4.00. The molecule has 3 aromatic rings. The van der Waals surface area contributed by atoms with E-state index in [9.17, 15) is 8.42 Å². The molecule has 1 aliphatic rings. The number of sulfonamides is 1. The van der Waals surface area contributed by atoms with Gasteiger partial charge in [-0.05, 0) is 24.3 Å². The molecule has 0 amide bonds. The first-order valence-electron chi connectivity index (χ1n) is 8.36. The maximum atomic E-state index is 12.5. The van der Waals surface area contributed by atoms with Crippen molar-refractivity contribution < 1.29 is 17.9 Å². The van der Waals surface area contributed by atoms with E-state index in [0.717, 1.165) is 21.6 Å². The molecule has 0 atom stereocenters. The van der Waals surface area contributed by atoms with Gasteiger partial charge in [-0.1, -0.05) is 12.1 Å². The summed E-state index contributed by atoms with van der Waals surface area (Å²) in [6, 6.07) is 12.6. The van der Waals surface area contributed by atoms with E-state index in [0.29, 0.717) is 31.1 Å². The Hall–Kier alpha value is -2.16. The molecule has 2 aromatic carbocycles. The normalized spacial score (nSPS) is 14.3. The van der Waals surface area contributed by atoms with Crippen LogP contribution in [-0.4, -0.2) is 33.2 Å². The smallest absolute Gasteiger partial charge is 0.240 e. The van der Waals surface area contributed by atoms with Gasteiger partial charge in [0, 0.05) is 25.5 Å². The van der Waals surface area contributed by atoms with E-state index in [1.165, 1.54) is 12.1 Å². The lowest BCUT2D eigenvalue weighted by Gasteiger charge is -2.10. The lowest BCUT2D eigenvalue weighted by atomic mass is 10.3. The maximum Gasteiger partial charge on any atom is 0.240 e. The molecule has 136 valence electrons. The van der Waals surface area contributed by atoms with Crippen LogP contribution in [0.1, 0.15) is 11.4 Å². The summed E-state index contributed by atoms with van der Waals surface area (Å²) < 4.78 is 39.9. The molecule has 0 aliphatic carbocycles. The molecule has 1 N–H and O–H groups in total. The van der Waals surface area contributed by atoms with Gasteiger partial charge in [0.2, 0.25) is 10.0 Å². The number of hydrogen-bond acceptors (Lipinski definition) is 6. The molecule has 0 saturated carbocycles. The van der Waals surface area contributed by atoms with Crippen molar-refractivity contribution in [1.82, 2.24) is 9.71 Å². The molecule has 8 heteroatoms. The maximum absolute atomic E-state index is 12.5. The van der Waals surface area contributed by atoms with Crippen LogP contribution in [0.15, 0.2) is 47.4 Å². The zero-order valence-corrected chi connectivity index (χ0v) is 15.6. The largest absolute Gasteiger partial charge is 0.490 e. The first-order chi connectivity index (χ1) is 12.6. The Bertz CT molecular complexity index is 998. The van der Waals surface area contributed by atoms with Crippen LogP contribution < -0.4 is 14.2 Å². The van der Waals surface area contributed by atoms with Crippen molar-refractivity contribution in [2.24, 2.45) is 0 Å². The van der Waals surface area contributed by atoms with Gasteiger partial charge in [0.15, 0.2) is 11.5 Å². The van der Waals surface area contributed by atoms with E-state index < -0.39 is 10.0 Å². The Morgan fingerprint density at radius 3 is 2.73 bits per heavy atom. The molecular formula is C18H18N2O4S2. The zero-order chi connectivity index (χ0) is 18.0. The quantitative estimate of drug-likeness (QED) is 0.725. The van der Waals surface area contributed by atoms with Crippen LogP contribution in [0.2, 0.25) is 0 Å². The number of nitrogens with zero attached hydrogens (tertiary/aromatic N) is 1. The van der Waals surface area contributed by atoms with E-state index in [4.69, 9.17) is 9.47 Å². The van der Waals surface area contributed by atoms with Gasteiger partial charge in [0.05, 0.1) is 33.3 Å². The number of nitrogens with one attached hydrogen (secondary N) is 1. The first-order valence-corrected chi connectivity index (χ1v) is 10.7. The first kappa shape index (κ1) is 17.3. The number of hydrogen-bond donors (Lipinski definition) is 1. The third-order valence-corrected chi connectivity index (χ3v) is 6.55. The molecule has 0 fully saturated rings. The van der Waals surface area contributed by atoms with Gasteiger partial charge in [0.1, 0.15) is 0 Å². The van der Waals surface area contributed by atoms with Crippen LogP contribution in [0.4, 0.5) is 0 Å². The number of thiazole rings is 1. The average Bonchev–Trinajstić information content (AvgIpc) is 2.89. The molecule has 0 radical (unpaired) electrons. The predicted molar refractivity (Wildman–Crippen MR) is 101 cm³/mol. The van der Waals surface area contributed by atoms with Crippen molar-refractivity contribution in [2.75, 3.05) is 19.8 Å². The summed E-state index contributed by atoms with van der Waals surface area (Å²) in [5.41, 5.74) is 0.943. The minimum atomic E-state index is -3.61. The van der Waals surface area contributed by atoms with E-state index in [1.54, 1.807) is 17.4 Å². The third kappa shape index (κ3) is 3.67. The van der Waals surface area contributed by atoms with Gasteiger partial charge in [-0.3, -0.25) is 0 Å². The van der Waals surface area contributed by atoms with E-state index in [-0.39, 0.29) is 11.4 Å². The molecule has 0 spiro atoms. The topological polar surface area (TPSA) is 77.5 Å². The fourth-order valence-corrected chi connectivity index (χ4v) is 4.73. The Labute approximate surface area is 155 Å². The number of fused-ring (bicyclic) bond motifs is 2. The molecule has 0 saturated heterocycles. The van der Waals surface area contributed by atoms with E-state index in [2.05, 4.69) is 9.71 Å².